The van der Waals surface area contributed by atoms with Crippen LogP contribution in [0.2, 0.25) is 0 Å². The highest BCUT2D eigenvalue weighted by Crippen LogP contribution is 2.28. The second-order valence-electron chi connectivity index (χ2n) is 8.74. The predicted molar refractivity (Wildman–Crippen MR) is 135 cm³/mol. The Hall–Kier alpha value is -3.15. The largest absolute Gasteiger partial charge is 0.361 e. The van der Waals surface area contributed by atoms with Gasteiger partial charge in [-0.05, 0) is 72.8 Å². The summed E-state index contributed by atoms with van der Waals surface area (Å²) in [4.78, 5) is 6.29. The molecule has 1 unspecified atom stereocenters. The van der Waals surface area contributed by atoms with Crippen molar-refractivity contribution in [3.63, 3.8) is 0 Å². The van der Waals surface area contributed by atoms with Crippen LogP contribution < -0.4 is 0 Å². The quantitative estimate of drug-likeness (QED) is 0.381. The van der Waals surface area contributed by atoms with Gasteiger partial charge in [0.2, 0.25) is 0 Å². The van der Waals surface area contributed by atoms with E-state index in [0.717, 1.165) is 30.6 Å². The summed E-state index contributed by atoms with van der Waals surface area (Å²) in [5, 5.41) is 2.47. The van der Waals surface area contributed by atoms with Crippen molar-refractivity contribution in [3.05, 3.63) is 107 Å². The molecule has 5 heteroatoms. The molecule has 1 fully saturated rings. The lowest BCUT2D eigenvalue weighted by Crippen LogP contribution is -2.30. The van der Waals surface area contributed by atoms with Crippen molar-refractivity contribution in [1.29, 1.82) is 0 Å². The molecule has 0 bridgehead atoms. The summed E-state index contributed by atoms with van der Waals surface area (Å²) in [6.07, 6.45) is 7.22. The van der Waals surface area contributed by atoms with Crippen molar-refractivity contribution in [1.82, 2.24) is 9.88 Å². The summed E-state index contributed by atoms with van der Waals surface area (Å²) < 4.78 is 25.2. The minimum atomic E-state index is -3.46. The van der Waals surface area contributed by atoms with Crippen LogP contribution in [-0.4, -0.2) is 30.9 Å². The van der Waals surface area contributed by atoms with Crippen molar-refractivity contribution >= 4 is 26.8 Å². The summed E-state index contributed by atoms with van der Waals surface area (Å²) in [5.41, 5.74) is 4.61. The monoisotopic (exact) mass is 456 g/mol. The summed E-state index contributed by atoms with van der Waals surface area (Å²) in [7, 11) is -3.46. The standard InChI is InChI=1S/C28H28N2O2S/c31-33(32,26-11-5-2-6-12-26)17-15-22-13-14-28-27(18-22)24(20-29-28)19-25-10-7-16-30(25)21-23-8-3-1-4-9-23/h1-6,8-9,11-15,17-18,20,25,29H,7,10,16,19,21H2/b17-15+. The van der Waals surface area contributed by atoms with Gasteiger partial charge in [-0.1, -0.05) is 54.6 Å². The number of hydrogen-bond donors (Lipinski definition) is 1. The van der Waals surface area contributed by atoms with E-state index in [2.05, 4.69) is 52.5 Å². The first kappa shape index (κ1) is 21.7. The van der Waals surface area contributed by atoms with E-state index in [4.69, 9.17) is 0 Å². The fourth-order valence-corrected chi connectivity index (χ4v) is 5.76. The fraction of sp³-hybridized carbons (Fsp3) is 0.214. The van der Waals surface area contributed by atoms with Crippen LogP contribution in [0.3, 0.4) is 0 Å². The van der Waals surface area contributed by atoms with E-state index < -0.39 is 9.84 Å². The number of nitrogens with one attached hydrogen (secondary N) is 1. The van der Waals surface area contributed by atoms with E-state index in [1.54, 1.807) is 30.3 Å². The van der Waals surface area contributed by atoms with Crippen LogP contribution in [0.4, 0.5) is 0 Å². The van der Waals surface area contributed by atoms with E-state index >= 15 is 0 Å². The van der Waals surface area contributed by atoms with Gasteiger partial charge in [-0.2, -0.15) is 0 Å². The summed E-state index contributed by atoms with van der Waals surface area (Å²) in [5.74, 6) is 0. The molecule has 1 N–H and O–H groups in total. The first-order chi connectivity index (χ1) is 16.1. The number of nitrogens with zero attached hydrogens (tertiary/aromatic N) is 1. The second kappa shape index (κ2) is 9.38. The fourth-order valence-electron chi connectivity index (χ4n) is 4.73. The molecular weight excluding hydrogens is 428 g/mol. The minimum absolute atomic E-state index is 0.310. The number of H-pyrrole nitrogens is 1. The maximum absolute atomic E-state index is 12.6. The Balaban J connectivity index is 1.35. The highest BCUT2D eigenvalue weighted by Gasteiger charge is 2.25. The van der Waals surface area contributed by atoms with Crippen molar-refractivity contribution < 1.29 is 8.42 Å². The van der Waals surface area contributed by atoms with Crippen molar-refractivity contribution in [3.8, 4) is 0 Å². The van der Waals surface area contributed by atoms with Gasteiger partial charge in [0.1, 0.15) is 0 Å². The van der Waals surface area contributed by atoms with Gasteiger partial charge >= 0.3 is 0 Å². The average Bonchev–Trinajstić information content (AvgIpc) is 3.46. The molecule has 0 radical (unpaired) electrons. The molecule has 168 valence electrons. The van der Waals surface area contributed by atoms with Crippen LogP contribution in [0.25, 0.3) is 17.0 Å². The molecule has 4 nitrogen and oxygen atoms in total. The highest BCUT2D eigenvalue weighted by atomic mass is 32.2. The number of hydrogen-bond acceptors (Lipinski definition) is 3. The Bertz CT molecular complexity index is 1360. The zero-order valence-corrected chi connectivity index (χ0v) is 19.3. The lowest BCUT2D eigenvalue weighted by Gasteiger charge is -2.24. The normalized spacial score (nSPS) is 17.3. The number of likely N-dealkylation sites (tertiary alicyclic amines) is 1. The SMILES string of the molecule is O=S(=O)(/C=C/c1ccc2[nH]cc(CC3CCCN3Cc3ccccc3)c2c1)c1ccccc1. The van der Waals surface area contributed by atoms with Crippen molar-refractivity contribution in [2.75, 3.05) is 6.54 Å². The van der Waals surface area contributed by atoms with Crippen LogP contribution in [0.15, 0.2) is 95.4 Å². The van der Waals surface area contributed by atoms with Crippen LogP contribution in [0, 0.1) is 0 Å². The number of rotatable bonds is 7. The Morgan fingerprint density at radius 1 is 0.970 bits per heavy atom. The molecule has 1 saturated heterocycles. The second-order valence-corrected chi connectivity index (χ2v) is 10.6. The van der Waals surface area contributed by atoms with Gasteiger partial charge in [0.05, 0.1) is 4.90 Å². The molecule has 1 aliphatic rings. The van der Waals surface area contributed by atoms with Gasteiger partial charge in [0.25, 0.3) is 0 Å². The molecule has 4 aromatic rings. The molecule has 1 aliphatic heterocycles. The van der Waals surface area contributed by atoms with E-state index in [1.807, 2.05) is 18.2 Å². The summed E-state index contributed by atoms with van der Waals surface area (Å²) in [6.45, 7) is 2.12. The number of sulfone groups is 1. The first-order valence-corrected chi connectivity index (χ1v) is 13.0. The predicted octanol–water partition coefficient (Wildman–Crippen LogP) is 5.82. The Morgan fingerprint density at radius 3 is 2.52 bits per heavy atom. The lowest BCUT2D eigenvalue weighted by atomic mass is 10.0. The van der Waals surface area contributed by atoms with Gasteiger partial charge in [0, 0.05) is 35.1 Å². The third-order valence-corrected chi connectivity index (χ3v) is 7.91. The van der Waals surface area contributed by atoms with Crippen LogP contribution in [-0.2, 0) is 22.8 Å². The molecule has 2 heterocycles. The van der Waals surface area contributed by atoms with E-state index in [0.29, 0.717) is 10.9 Å². The minimum Gasteiger partial charge on any atom is -0.361 e. The van der Waals surface area contributed by atoms with Crippen LogP contribution in [0.5, 0.6) is 0 Å². The molecule has 3 aromatic carbocycles. The maximum atomic E-state index is 12.6. The highest BCUT2D eigenvalue weighted by molar-refractivity contribution is 7.94. The zero-order valence-electron chi connectivity index (χ0n) is 18.5. The first-order valence-electron chi connectivity index (χ1n) is 11.4. The smallest absolute Gasteiger partial charge is 0.199 e. The third kappa shape index (κ3) is 4.95. The number of fused-ring (bicyclic) bond motifs is 1. The molecule has 5 rings (SSSR count). The molecule has 0 saturated carbocycles. The third-order valence-electron chi connectivity index (χ3n) is 6.49. The topological polar surface area (TPSA) is 53.2 Å². The molecule has 0 aliphatic carbocycles. The van der Waals surface area contributed by atoms with Crippen LogP contribution >= 0.6 is 0 Å². The van der Waals surface area contributed by atoms with E-state index in [9.17, 15) is 8.42 Å². The van der Waals surface area contributed by atoms with Gasteiger partial charge in [-0.15, -0.1) is 0 Å². The number of aromatic amines is 1. The maximum Gasteiger partial charge on any atom is 0.199 e. The zero-order chi connectivity index (χ0) is 22.7. The molecule has 33 heavy (non-hydrogen) atoms. The lowest BCUT2D eigenvalue weighted by molar-refractivity contribution is 0.244. The average molecular weight is 457 g/mol. The van der Waals surface area contributed by atoms with Gasteiger partial charge in [-0.3, -0.25) is 4.90 Å². The number of benzene rings is 3. The van der Waals surface area contributed by atoms with Gasteiger partial charge in [0.15, 0.2) is 9.84 Å². The molecule has 0 spiro atoms. The van der Waals surface area contributed by atoms with Crippen molar-refractivity contribution in [2.24, 2.45) is 0 Å². The van der Waals surface area contributed by atoms with Gasteiger partial charge < -0.3 is 4.98 Å². The Morgan fingerprint density at radius 2 is 1.73 bits per heavy atom. The Kier molecular flexibility index (Phi) is 6.16. The van der Waals surface area contributed by atoms with E-state index in [-0.39, 0.29) is 0 Å². The molecule has 1 atom stereocenters. The molecular formula is C28H28N2O2S. The number of aromatic nitrogens is 1. The Labute approximate surface area is 195 Å². The van der Waals surface area contributed by atoms with E-state index in [1.165, 1.54) is 34.8 Å². The van der Waals surface area contributed by atoms with Crippen LogP contribution in [0.1, 0.15) is 29.5 Å². The van der Waals surface area contributed by atoms with Crippen molar-refractivity contribution in [2.45, 2.75) is 36.7 Å². The molecule has 1 aromatic heterocycles. The summed E-state index contributed by atoms with van der Waals surface area (Å²) >= 11 is 0. The van der Waals surface area contributed by atoms with Gasteiger partial charge in [-0.25, -0.2) is 8.42 Å². The summed E-state index contributed by atoms with van der Waals surface area (Å²) in [6, 6.07) is 25.8. The molecule has 0 amide bonds.